The monoisotopic (exact) mass is 208 g/mol. The minimum Gasteiger partial charge on any atom is -0.303 e. The number of halogens is 1. The van der Waals surface area contributed by atoms with Crippen molar-refractivity contribution in [3.63, 3.8) is 0 Å². The summed E-state index contributed by atoms with van der Waals surface area (Å²) < 4.78 is 12.8. The van der Waals surface area contributed by atoms with Gasteiger partial charge in [0.2, 0.25) is 0 Å². The van der Waals surface area contributed by atoms with E-state index in [1.54, 1.807) is 0 Å². The molecule has 1 fully saturated rings. The van der Waals surface area contributed by atoms with Gasteiger partial charge in [-0.25, -0.2) is 4.39 Å². The Hall–Kier alpha value is -0.930. The molecule has 0 aromatic heterocycles. The predicted molar refractivity (Wildman–Crippen MR) is 59.3 cm³/mol. The maximum absolute atomic E-state index is 12.8. The summed E-state index contributed by atoms with van der Waals surface area (Å²) in [5.74, 6) is -0.162. The van der Waals surface area contributed by atoms with Gasteiger partial charge in [-0.15, -0.1) is 0 Å². The molecule has 0 N–H and O–H groups in total. The van der Waals surface area contributed by atoms with E-state index in [2.05, 4.69) is 23.9 Å². The van der Waals surface area contributed by atoms with Crippen molar-refractivity contribution in [3.8, 4) is 0 Å². The molecule has 1 saturated heterocycles. The van der Waals surface area contributed by atoms with Crippen molar-refractivity contribution in [2.75, 3.05) is 33.7 Å². The Morgan fingerprint density at radius 3 is 2.47 bits per heavy atom. The Labute approximate surface area is 90.3 Å². The number of nitrogens with zero attached hydrogens (tertiary/aromatic N) is 2. The molecule has 0 amide bonds. The zero-order valence-electron chi connectivity index (χ0n) is 9.28. The van der Waals surface area contributed by atoms with Gasteiger partial charge in [0.05, 0.1) is 0 Å². The fourth-order valence-corrected chi connectivity index (χ4v) is 2.05. The maximum Gasteiger partial charge on any atom is 0.123 e. The highest BCUT2D eigenvalue weighted by atomic mass is 19.1. The fraction of sp³-hybridized carbons (Fsp3) is 0.500. The molecular formula is C12H17FN2. The van der Waals surface area contributed by atoms with E-state index < -0.39 is 0 Å². The van der Waals surface area contributed by atoms with Gasteiger partial charge in [0.15, 0.2) is 0 Å². The Morgan fingerprint density at radius 1 is 1.13 bits per heavy atom. The van der Waals surface area contributed by atoms with Crippen molar-refractivity contribution < 1.29 is 4.39 Å². The minimum absolute atomic E-state index is 0.162. The molecule has 1 aliphatic heterocycles. The first kappa shape index (κ1) is 10.6. The van der Waals surface area contributed by atoms with E-state index >= 15 is 0 Å². The molecule has 1 aromatic rings. The van der Waals surface area contributed by atoms with Crippen LogP contribution in [0, 0.1) is 5.82 Å². The average Bonchev–Trinajstić information content (AvgIpc) is 2.23. The van der Waals surface area contributed by atoms with Gasteiger partial charge in [-0.1, -0.05) is 12.1 Å². The molecule has 2 rings (SSSR count). The van der Waals surface area contributed by atoms with Crippen LogP contribution in [-0.4, -0.2) is 43.5 Å². The summed E-state index contributed by atoms with van der Waals surface area (Å²) in [7, 11) is 4.25. The topological polar surface area (TPSA) is 6.48 Å². The van der Waals surface area contributed by atoms with Gasteiger partial charge in [-0.2, -0.15) is 0 Å². The number of hydrogen-bond donors (Lipinski definition) is 0. The van der Waals surface area contributed by atoms with Crippen LogP contribution in [-0.2, 0) is 0 Å². The van der Waals surface area contributed by atoms with Crippen LogP contribution in [0.4, 0.5) is 4.39 Å². The van der Waals surface area contributed by atoms with Gasteiger partial charge in [0.1, 0.15) is 5.82 Å². The molecule has 2 nitrogen and oxygen atoms in total. The summed E-state index contributed by atoms with van der Waals surface area (Å²) >= 11 is 0. The minimum atomic E-state index is -0.162. The van der Waals surface area contributed by atoms with E-state index in [0.29, 0.717) is 6.04 Å². The van der Waals surface area contributed by atoms with Crippen LogP contribution in [0.5, 0.6) is 0 Å². The largest absolute Gasteiger partial charge is 0.303 e. The number of hydrogen-bond acceptors (Lipinski definition) is 2. The number of rotatable bonds is 1. The molecular weight excluding hydrogens is 191 g/mol. The van der Waals surface area contributed by atoms with Crippen LogP contribution in [0.15, 0.2) is 24.3 Å². The van der Waals surface area contributed by atoms with Crippen molar-refractivity contribution in [1.82, 2.24) is 9.80 Å². The lowest BCUT2D eigenvalue weighted by Crippen LogP contribution is -2.44. The van der Waals surface area contributed by atoms with Gasteiger partial charge in [0.25, 0.3) is 0 Å². The fourth-order valence-electron chi connectivity index (χ4n) is 2.05. The quantitative estimate of drug-likeness (QED) is 0.693. The van der Waals surface area contributed by atoms with Crippen LogP contribution < -0.4 is 0 Å². The molecule has 0 unspecified atom stereocenters. The molecule has 0 bridgehead atoms. The third-order valence-electron chi connectivity index (χ3n) is 3.11. The van der Waals surface area contributed by atoms with Gasteiger partial charge in [-0.05, 0) is 31.8 Å². The maximum atomic E-state index is 12.8. The summed E-state index contributed by atoms with van der Waals surface area (Å²) in [6.45, 7) is 3.19. The van der Waals surface area contributed by atoms with Crippen molar-refractivity contribution in [1.29, 1.82) is 0 Å². The summed E-state index contributed by atoms with van der Waals surface area (Å²) in [6.07, 6.45) is 0. The van der Waals surface area contributed by atoms with E-state index in [1.165, 1.54) is 17.7 Å². The molecule has 1 aliphatic rings. The first-order valence-electron chi connectivity index (χ1n) is 5.31. The predicted octanol–water partition coefficient (Wildman–Crippen LogP) is 1.74. The molecule has 15 heavy (non-hydrogen) atoms. The SMILES string of the molecule is CN1CCN(C)[C@H](c2ccc(F)cc2)C1. The second kappa shape index (κ2) is 4.29. The van der Waals surface area contributed by atoms with Crippen LogP contribution >= 0.6 is 0 Å². The lowest BCUT2D eigenvalue weighted by molar-refractivity contribution is 0.115. The van der Waals surface area contributed by atoms with Crippen molar-refractivity contribution in [2.24, 2.45) is 0 Å². The zero-order valence-corrected chi connectivity index (χ0v) is 9.28. The van der Waals surface area contributed by atoms with Crippen molar-refractivity contribution in [3.05, 3.63) is 35.6 Å². The summed E-state index contributed by atoms with van der Waals surface area (Å²) in [5, 5.41) is 0. The average molecular weight is 208 g/mol. The third-order valence-corrected chi connectivity index (χ3v) is 3.11. The lowest BCUT2D eigenvalue weighted by Gasteiger charge is -2.37. The molecule has 0 radical (unpaired) electrons. The molecule has 0 saturated carbocycles. The molecule has 0 aliphatic carbocycles. The first-order valence-corrected chi connectivity index (χ1v) is 5.31. The molecule has 0 spiro atoms. The highest BCUT2D eigenvalue weighted by Crippen LogP contribution is 2.23. The smallest absolute Gasteiger partial charge is 0.123 e. The van der Waals surface area contributed by atoms with Gasteiger partial charge in [-0.3, -0.25) is 4.90 Å². The highest BCUT2D eigenvalue weighted by Gasteiger charge is 2.23. The number of likely N-dealkylation sites (N-methyl/N-ethyl adjacent to an activating group) is 2. The molecule has 82 valence electrons. The normalized spacial score (nSPS) is 24.3. The van der Waals surface area contributed by atoms with Crippen LogP contribution in [0.25, 0.3) is 0 Å². The zero-order chi connectivity index (χ0) is 10.8. The molecule has 3 heteroatoms. The molecule has 1 heterocycles. The van der Waals surface area contributed by atoms with E-state index in [9.17, 15) is 4.39 Å². The lowest BCUT2D eigenvalue weighted by atomic mass is 10.0. The van der Waals surface area contributed by atoms with Crippen molar-refractivity contribution >= 4 is 0 Å². The summed E-state index contributed by atoms with van der Waals surface area (Å²) in [4.78, 5) is 4.64. The van der Waals surface area contributed by atoms with E-state index in [-0.39, 0.29) is 5.82 Å². The second-order valence-electron chi connectivity index (χ2n) is 4.31. The van der Waals surface area contributed by atoms with E-state index in [4.69, 9.17) is 0 Å². The molecule has 1 atom stereocenters. The Bertz CT molecular complexity index is 323. The summed E-state index contributed by atoms with van der Waals surface area (Å²) in [5.41, 5.74) is 1.20. The van der Waals surface area contributed by atoms with Gasteiger partial charge >= 0.3 is 0 Å². The Kier molecular flexibility index (Phi) is 3.03. The van der Waals surface area contributed by atoms with Crippen LogP contribution in [0.2, 0.25) is 0 Å². The first-order chi connectivity index (χ1) is 7.16. The standard InChI is InChI=1S/C12H17FN2/c1-14-7-8-15(2)12(9-14)10-3-5-11(13)6-4-10/h3-6,12H,7-9H2,1-2H3/t12-/m0/s1. The van der Waals surface area contributed by atoms with Gasteiger partial charge in [0, 0.05) is 25.7 Å². The number of benzene rings is 1. The Morgan fingerprint density at radius 2 is 1.80 bits per heavy atom. The second-order valence-corrected chi connectivity index (χ2v) is 4.31. The van der Waals surface area contributed by atoms with Crippen LogP contribution in [0.3, 0.4) is 0 Å². The summed E-state index contributed by atoms with van der Waals surface area (Å²) in [6, 6.07) is 7.24. The molecule has 1 aromatic carbocycles. The van der Waals surface area contributed by atoms with Gasteiger partial charge < -0.3 is 4.90 Å². The van der Waals surface area contributed by atoms with Crippen LogP contribution in [0.1, 0.15) is 11.6 Å². The highest BCUT2D eigenvalue weighted by molar-refractivity contribution is 5.20. The van der Waals surface area contributed by atoms with Crippen molar-refractivity contribution in [2.45, 2.75) is 6.04 Å². The van der Waals surface area contributed by atoms with E-state index in [1.807, 2.05) is 12.1 Å². The Balaban J connectivity index is 2.17. The van der Waals surface area contributed by atoms with E-state index in [0.717, 1.165) is 19.6 Å². The number of piperazine rings is 1. The third kappa shape index (κ3) is 2.36.